The van der Waals surface area contributed by atoms with Gasteiger partial charge < -0.3 is 5.73 Å². The fourth-order valence-electron chi connectivity index (χ4n) is 2.37. The second kappa shape index (κ2) is 6.11. The molecule has 11 heteroatoms. The Balaban J connectivity index is 2.11. The molecule has 0 spiro atoms. The van der Waals surface area contributed by atoms with E-state index in [-0.39, 0.29) is 20.9 Å². The normalized spacial score (nSPS) is 20.2. The van der Waals surface area contributed by atoms with Crippen LogP contribution in [0.3, 0.4) is 0 Å². The third-order valence-electron chi connectivity index (χ3n) is 3.59. The smallest absolute Gasteiger partial charge is 0.209 e. The van der Waals surface area contributed by atoms with E-state index in [0.717, 1.165) is 6.26 Å². The Morgan fingerprint density at radius 3 is 2.32 bits per heavy atom. The topological polar surface area (TPSA) is 135 Å². The second-order valence-electron chi connectivity index (χ2n) is 5.51. The molecule has 0 bridgehead atoms. The molecular formula is C14H14Cl2N6O2S. The van der Waals surface area contributed by atoms with Crippen LogP contribution in [0.4, 0.5) is 0 Å². The summed E-state index contributed by atoms with van der Waals surface area (Å²) >= 11 is 12.7. The van der Waals surface area contributed by atoms with Gasteiger partial charge in [0.1, 0.15) is 0 Å². The highest BCUT2D eigenvalue weighted by Gasteiger charge is 2.32. The average Bonchev–Trinajstić information content (AvgIpc) is 2.87. The molecule has 2 aromatic rings. The standard InChI is InChI=1S/C14H14Cl2N6O2S/c1-25(23,24)9-2-7(5-19-6-9)12-10(15)3-8(4-11(12)16)14(18)20-13(17)21-22-14/h2-6,22H,18H2,1H3,(H3,17,20,21). The SMILES string of the molecule is CS(=O)(=O)c1cncc(-c2c(Cl)cc(C3(N)N=C(N)NN3)cc2Cl)c1. The van der Waals surface area contributed by atoms with E-state index in [1.807, 2.05) is 0 Å². The van der Waals surface area contributed by atoms with Crippen molar-refractivity contribution >= 4 is 39.0 Å². The second-order valence-corrected chi connectivity index (χ2v) is 8.34. The van der Waals surface area contributed by atoms with Crippen molar-refractivity contribution in [2.45, 2.75) is 10.7 Å². The van der Waals surface area contributed by atoms with Crippen LogP contribution in [0.15, 0.2) is 40.5 Å². The molecule has 132 valence electrons. The summed E-state index contributed by atoms with van der Waals surface area (Å²) in [5, 5.41) is 0.532. The lowest BCUT2D eigenvalue weighted by Crippen LogP contribution is -2.50. The van der Waals surface area contributed by atoms with Gasteiger partial charge in [0.2, 0.25) is 11.7 Å². The number of pyridine rings is 1. The molecule has 1 aromatic carbocycles. The van der Waals surface area contributed by atoms with Crippen LogP contribution in [-0.4, -0.2) is 25.6 Å². The van der Waals surface area contributed by atoms with Gasteiger partial charge in [-0.05, 0) is 18.2 Å². The summed E-state index contributed by atoms with van der Waals surface area (Å²) in [5.74, 6) is -1.19. The van der Waals surface area contributed by atoms with E-state index in [0.29, 0.717) is 16.7 Å². The number of guanidine groups is 1. The maximum Gasteiger partial charge on any atom is 0.209 e. The number of halogens is 2. The lowest BCUT2D eigenvalue weighted by molar-refractivity contribution is 0.375. The van der Waals surface area contributed by atoms with Gasteiger partial charge in [0.25, 0.3) is 0 Å². The van der Waals surface area contributed by atoms with Gasteiger partial charge >= 0.3 is 0 Å². The summed E-state index contributed by atoms with van der Waals surface area (Å²) in [6.07, 6.45) is 3.83. The average molecular weight is 401 g/mol. The van der Waals surface area contributed by atoms with E-state index in [1.165, 1.54) is 18.5 Å². The number of sulfone groups is 1. The molecule has 2 heterocycles. The van der Waals surface area contributed by atoms with Crippen molar-refractivity contribution < 1.29 is 8.42 Å². The first-order chi connectivity index (χ1) is 11.6. The van der Waals surface area contributed by atoms with Gasteiger partial charge in [-0.15, -0.1) is 0 Å². The van der Waals surface area contributed by atoms with Crippen molar-refractivity contribution in [3.8, 4) is 11.1 Å². The molecule has 3 rings (SSSR count). The monoisotopic (exact) mass is 400 g/mol. The highest BCUT2D eigenvalue weighted by Crippen LogP contribution is 2.38. The third-order valence-corrected chi connectivity index (χ3v) is 5.27. The first kappa shape index (κ1) is 17.9. The third kappa shape index (κ3) is 3.42. The molecule has 8 nitrogen and oxygen atoms in total. The van der Waals surface area contributed by atoms with Crippen molar-refractivity contribution in [2.75, 3.05) is 6.26 Å². The van der Waals surface area contributed by atoms with Crippen LogP contribution in [-0.2, 0) is 15.6 Å². The Labute approximate surface area is 154 Å². The number of nitrogens with two attached hydrogens (primary N) is 2. The molecule has 0 amide bonds. The summed E-state index contributed by atoms with van der Waals surface area (Å²) in [4.78, 5) is 8.08. The predicted octanol–water partition coefficient (Wildman–Crippen LogP) is 0.950. The summed E-state index contributed by atoms with van der Waals surface area (Å²) in [7, 11) is -3.41. The van der Waals surface area contributed by atoms with Gasteiger partial charge in [0, 0.05) is 35.3 Å². The van der Waals surface area contributed by atoms with E-state index < -0.39 is 15.6 Å². The van der Waals surface area contributed by atoms with Crippen LogP contribution in [0.25, 0.3) is 11.1 Å². The van der Waals surface area contributed by atoms with Crippen molar-refractivity contribution in [2.24, 2.45) is 16.5 Å². The highest BCUT2D eigenvalue weighted by atomic mass is 35.5. The number of benzene rings is 1. The van der Waals surface area contributed by atoms with E-state index in [4.69, 9.17) is 34.7 Å². The minimum absolute atomic E-state index is 0.0653. The number of nitrogens with one attached hydrogen (secondary N) is 2. The maximum absolute atomic E-state index is 11.7. The zero-order valence-corrected chi connectivity index (χ0v) is 15.2. The minimum atomic E-state index is -3.41. The van der Waals surface area contributed by atoms with Crippen molar-refractivity contribution in [3.05, 3.63) is 46.2 Å². The van der Waals surface area contributed by atoms with Crippen LogP contribution in [0.5, 0.6) is 0 Å². The Morgan fingerprint density at radius 1 is 1.16 bits per heavy atom. The van der Waals surface area contributed by atoms with Crippen LogP contribution < -0.4 is 22.3 Å². The van der Waals surface area contributed by atoms with Crippen molar-refractivity contribution in [1.29, 1.82) is 0 Å². The van der Waals surface area contributed by atoms with Gasteiger partial charge in [-0.3, -0.25) is 16.1 Å². The zero-order valence-electron chi connectivity index (χ0n) is 12.9. The van der Waals surface area contributed by atoms with Gasteiger partial charge in [-0.25, -0.2) is 13.4 Å². The van der Waals surface area contributed by atoms with E-state index in [1.54, 1.807) is 12.1 Å². The first-order valence-electron chi connectivity index (χ1n) is 6.92. The summed E-state index contributed by atoms with van der Waals surface area (Å²) in [6, 6.07) is 4.61. The van der Waals surface area contributed by atoms with Gasteiger partial charge in [0.15, 0.2) is 9.84 Å². The van der Waals surface area contributed by atoms with Crippen molar-refractivity contribution in [1.82, 2.24) is 15.8 Å². The fourth-order valence-corrected chi connectivity index (χ4v) is 3.67. The van der Waals surface area contributed by atoms with E-state index in [9.17, 15) is 8.42 Å². The largest absolute Gasteiger partial charge is 0.369 e. The predicted molar refractivity (Wildman–Crippen MR) is 96.6 cm³/mol. The van der Waals surface area contributed by atoms with Gasteiger partial charge in [-0.1, -0.05) is 23.2 Å². The number of hydrogen-bond donors (Lipinski definition) is 4. The Morgan fingerprint density at radius 2 is 1.80 bits per heavy atom. The van der Waals surface area contributed by atoms with Gasteiger partial charge in [0.05, 0.1) is 14.9 Å². The van der Waals surface area contributed by atoms with E-state index >= 15 is 0 Å². The molecule has 0 saturated carbocycles. The molecule has 0 saturated heterocycles. The maximum atomic E-state index is 11.7. The number of hydrazine groups is 1. The molecule has 1 aromatic heterocycles. The van der Waals surface area contributed by atoms with Crippen LogP contribution in [0.1, 0.15) is 5.56 Å². The lowest BCUT2D eigenvalue weighted by Gasteiger charge is -2.22. The minimum Gasteiger partial charge on any atom is -0.369 e. The number of nitrogens with zero attached hydrogens (tertiary/aromatic N) is 2. The number of aliphatic imine (C=N–C) groups is 1. The van der Waals surface area contributed by atoms with Crippen molar-refractivity contribution in [3.63, 3.8) is 0 Å². The number of hydrogen-bond acceptors (Lipinski definition) is 8. The molecular weight excluding hydrogens is 387 g/mol. The molecule has 1 atom stereocenters. The van der Waals surface area contributed by atoms with Crippen LogP contribution >= 0.6 is 23.2 Å². The number of rotatable bonds is 3. The molecule has 0 radical (unpaired) electrons. The Kier molecular flexibility index (Phi) is 4.38. The number of aromatic nitrogens is 1. The van der Waals surface area contributed by atoms with Crippen LogP contribution in [0, 0.1) is 0 Å². The molecule has 0 fully saturated rings. The molecule has 0 aliphatic carbocycles. The first-order valence-corrected chi connectivity index (χ1v) is 9.57. The summed E-state index contributed by atoms with van der Waals surface area (Å²) < 4.78 is 23.4. The highest BCUT2D eigenvalue weighted by molar-refractivity contribution is 7.90. The summed E-state index contributed by atoms with van der Waals surface area (Å²) in [6.45, 7) is 0. The Bertz CT molecular complexity index is 972. The van der Waals surface area contributed by atoms with Gasteiger partial charge in [-0.2, -0.15) is 5.43 Å². The van der Waals surface area contributed by atoms with E-state index in [2.05, 4.69) is 20.8 Å². The quantitative estimate of drug-likeness (QED) is 0.601. The van der Waals surface area contributed by atoms with Crippen LogP contribution in [0.2, 0.25) is 10.0 Å². The lowest BCUT2D eigenvalue weighted by atomic mass is 10.0. The molecule has 1 aliphatic heterocycles. The molecule has 25 heavy (non-hydrogen) atoms. The summed E-state index contributed by atoms with van der Waals surface area (Å²) in [5.41, 5.74) is 18.4. The zero-order chi connectivity index (χ0) is 18.4. The molecule has 1 aliphatic rings. The fraction of sp³-hybridized carbons (Fsp3) is 0.143. The molecule has 6 N–H and O–H groups in total. The Hall–Kier alpha value is -1.91. The molecule has 1 unspecified atom stereocenters.